The first-order chi connectivity index (χ1) is 6.34. The van der Waals surface area contributed by atoms with Gasteiger partial charge in [-0.3, -0.25) is 0 Å². The van der Waals surface area contributed by atoms with Crippen molar-refractivity contribution >= 4 is 40.8 Å². The van der Waals surface area contributed by atoms with Crippen LogP contribution in [0.5, 0.6) is 0 Å². The zero-order valence-electron chi connectivity index (χ0n) is 6.45. The Hall–Kier alpha value is -0.320. The lowest BCUT2D eigenvalue weighted by molar-refractivity contribution is -0.137. The van der Waals surface area contributed by atoms with E-state index in [0.717, 1.165) is 6.07 Å². The van der Waals surface area contributed by atoms with E-state index < -0.39 is 16.8 Å². The van der Waals surface area contributed by atoms with Crippen LogP contribution < -0.4 is 3.94 Å². The summed E-state index contributed by atoms with van der Waals surface area (Å²) >= 11 is 16.0. The van der Waals surface area contributed by atoms with E-state index >= 15 is 0 Å². The Balaban J connectivity index is 3.28. The van der Waals surface area contributed by atoms with E-state index in [-0.39, 0.29) is 5.69 Å². The van der Waals surface area contributed by atoms with Gasteiger partial charge in [0, 0.05) is 23.6 Å². The fraction of sp³-hybridized carbons (Fsp3) is 0.143. The standard InChI is InChI=1S/C7H3Cl3F3N/c8-6-4(7(11,12)13)2-1-3-5(6)14(9)10/h1-3H. The fourth-order valence-electron chi connectivity index (χ4n) is 0.869. The highest BCUT2D eigenvalue weighted by molar-refractivity contribution is 6.51. The number of halogens is 6. The van der Waals surface area contributed by atoms with Gasteiger partial charge in [0.2, 0.25) is 0 Å². The van der Waals surface area contributed by atoms with Gasteiger partial charge in [0.1, 0.15) is 0 Å². The predicted octanol–water partition coefficient (Wildman–Crippen LogP) is 4.47. The van der Waals surface area contributed by atoms with E-state index in [1.807, 2.05) is 0 Å². The molecule has 0 amide bonds. The van der Waals surface area contributed by atoms with Gasteiger partial charge in [0.25, 0.3) is 0 Å². The van der Waals surface area contributed by atoms with Crippen molar-refractivity contribution in [2.24, 2.45) is 0 Å². The lowest BCUT2D eigenvalue weighted by Gasteiger charge is -2.13. The Labute approximate surface area is 93.2 Å². The molecule has 1 aromatic carbocycles. The highest BCUT2D eigenvalue weighted by Crippen LogP contribution is 2.40. The van der Waals surface area contributed by atoms with Crippen LogP contribution in [0.3, 0.4) is 0 Å². The van der Waals surface area contributed by atoms with Gasteiger partial charge in [0.05, 0.1) is 16.3 Å². The van der Waals surface area contributed by atoms with Gasteiger partial charge in [-0.1, -0.05) is 17.7 Å². The molecule has 0 unspecified atom stereocenters. The maximum Gasteiger partial charge on any atom is 0.417 e. The molecule has 14 heavy (non-hydrogen) atoms. The van der Waals surface area contributed by atoms with Gasteiger partial charge in [-0.2, -0.15) is 17.1 Å². The van der Waals surface area contributed by atoms with Gasteiger partial charge >= 0.3 is 6.18 Å². The largest absolute Gasteiger partial charge is 0.417 e. The molecule has 0 bridgehead atoms. The molecule has 0 atom stereocenters. The maximum absolute atomic E-state index is 12.3. The average molecular weight is 264 g/mol. The number of nitrogens with zero attached hydrogens (tertiary/aromatic N) is 1. The molecular weight excluding hydrogens is 261 g/mol. The van der Waals surface area contributed by atoms with Crippen molar-refractivity contribution in [1.29, 1.82) is 0 Å². The highest BCUT2D eigenvalue weighted by Gasteiger charge is 2.34. The van der Waals surface area contributed by atoms with Crippen LogP contribution in [0.2, 0.25) is 5.02 Å². The molecule has 0 saturated heterocycles. The monoisotopic (exact) mass is 263 g/mol. The zero-order valence-corrected chi connectivity index (χ0v) is 8.71. The van der Waals surface area contributed by atoms with Crippen molar-refractivity contribution in [2.45, 2.75) is 6.18 Å². The molecule has 0 aromatic heterocycles. The van der Waals surface area contributed by atoms with Crippen LogP contribution in [0, 0.1) is 0 Å². The van der Waals surface area contributed by atoms with Crippen LogP contribution >= 0.6 is 35.2 Å². The number of anilines is 1. The highest BCUT2D eigenvalue weighted by atomic mass is 35.5. The third-order valence-corrected chi connectivity index (χ3v) is 2.23. The van der Waals surface area contributed by atoms with Gasteiger partial charge < -0.3 is 0 Å². The zero-order chi connectivity index (χ0) is 10.9. The Kier molecular flexibility index (Phi) is 3.40. The van der Waals surface area contributed by atoms with E-state index in [1.165, 1.54) is 12.1 Å². The topological polar surface area (TPSA) is 3.24 Å². The van der Waals surface area contributed by atoms with Crippen molar-refractivity contribution in [3.63, 3.8) is 0 Å². The first-order valence-corrected chi connectivity index (χ1v) is 4.37. The summed E-state index contributed by atoms with van der Waals surface area (Å²) in [5.74, 6) is 0. The summed E-state index contributed by atoms with van der Waals surface area (Å²) in [6.07, 6.45) is -4.52. The molecule has 0 radical (unpaired) electrons. The lowest BCUT2D eigenvalue weighted by atomic mass is 10.2. The van der Waals surface area contributed by atoms with E-state index in [4.69, 9.17) is 35.2 Å². The molecule has 0 spiro atoms. The second kappa shape index (κ2) is 4.04. The lowest BCUT2D eigenvalue weighted by Crippen LogP contribution is -2.07. The summed E-state index contributed by atoms with van der Waals surface area (Å²) in [5, 5.41) is -0.523. The van der Waals surface area contributed by atoms with E-state index in [0.29, 0.717) is 3.94 Å². The molecule has 0 heterocycles. The minimum atomic E-state index is -4.52. The molecule has 0 N–H and O–H groups in total. The number of benzene rings is 1. The SMILES string of the molecule is FC(F)(F)c1cccc(N(Cl)Cl)c1Cl. The third-order valence-electron chi connectivity index (χ3n) is 1.47. The minimum absolute atomic E-state index is 0.107. The average Bonchev–Trinajstić information content (AvgIpc) is 2.01. The first kappa shape index (κ1) is 11.8. The third kappa shape index (κ3) is 2.38. The molecule has 0 aliphatic heterocycles. The maximum atomic E-state index is 12.3. The van der Waals surface area contributed by atoms with Crippen LogP contribution in [0.25, 0.3) is 0 Å². The van der Waals surface area contributed by atoms with Crippen LogP contribution in [0.1, 0.15) is 5.56 Å². The Morgan fingerprint density at radius 1 is 1.14 bits per heavy atom. The number of alkyl halides is 3. The molecular formula is C7H3Cl3F3N. The molecule has 0 aliphatic rings. The van der Waals surface area contributed by atoms with Gasteiger partial charge in [-0.15, -0.1) is 0 Å². The molecule has 1 nitrogen and oxygen atoms in total. The normalized spacial score (nSPS) is 11.6. The Bertz CT molecular complexity index is 337. The second-order valence-electron chi connectivity index (χ2n) is 2.37. The smallest absolute Gasteiger partial charge is 0.192 e. The van der Waals surface area contributed by atoms with Crippen LogP contribution in [-0.2, 0) is 6.18 Å². The van der Waals surface area contributed by atoms with Crippen LogP contribution in [-0.4, -0.2) is 0 Å². The van der Waals surface area contributed by atoms with E-state index in [9.17, 15) is 13.2 Å². The first-order valence-electron chi connectivity index (χ1n) is 3.31. The summed E-state index contributed by atoms with van der Waals surface area (Å²) in [7, 11) is 0. The van der Waals surface area contributed by atoms with Crippen molar-refractivity contribution in [1.82, 2.24) is 0 Å². The van der Waals surface area contributed by atoms with Crippen molar-refractivity contribution in [3.05, 3.63) is 28.8 Å². The predicted molar refractivity (Wildman–Crippen MR) is 50.6 cm³/mol. The summed E-state index contributed by atoms with van der Waals surface area (Å²) in [5.41, 5.74) is -1.08. The molecule has 0 aliphatic carbocycles. The van der Waals surface area contributed by atoms with Gasteiger partial charge in [-0.05, 0) is 12.1 Å². The minimum Gasteiger partial charge on any atom is -0.192 e. The second-order valence-corrected chi connectivity index (χ2v) is 3.60. The van der Waals surface area contributed by atoms with E-state index in [2.05, 4.69) is 0 Å². The summed E-state index contributed by atoms with van der Waals surface area (Å²) in [4.78, 5) is 0. The number of hydrogen-bond acceptors (Lipinski definition) is 1. The number of hydrogen-bond donors (Lipinski definition) is 0. The summed E-state index contributed by atoms with van der Waals surface area (Å²) < 4.78 is 37.4. The van der Waals surface area contributed by atoms with Gasteiger partial charge in [-0.25, -0.2) is 0 Å². The summed E-state index contributed by atoms with van der Waals surface area (Å²) in [6, 6.07) is 3.29. The number of rotatable bonds is 1. The van der Waals surface area contributed by atoms with Crippen LogP contribution in [0.4, 0.5) is 18.9 Å². The van der Waals surface area contributed by atoms with E-state index in [1.54, 1.807) is 0 Å². The van der Waals surface area contributed by atoms with Crippen LogP contribution in [0.15, 0.2) is 18.2 Å². The molecule has 78 valence electrons. The van der Waals surface area contributed by atoms with Crippen molar-refractivity contribution in [2.75, 3.05) is 3.94 Å². The molecule has 0 fully saturated rings. The Morgan fingerprint density at radius 3 is 2.14 bits per heavy atom. The molecule has 0 saturated carbocycles. The quantitative estimate of drug-likeness (QED) is 0.676. The van der Waals surface area contributed by atoms with Crippen molar-refractivity contribution < 1.29 is 13.2 Å². The molecule has 1 aromatic rings. The fourth-order valence-corrected chi connectivity index (χ4v) is 1.56. The molecule has 1 rings (SSSR count). The summed E-state index contributed by atoms with van der Waals surface area (Å²) in [6.45, 7) is 0. The van der Waals surface area contributed by atoms with Gasteiger partial charge in [0.15, 0.2) is 0 Å². The van der Waals surface area contributed by atoms with Crippen molar-refractivity contribution in [3.8, 4) is 0 Å². The Morgan fingerprint density at radius 2 is 1.71 bits per heavy atom. The molecule has 7 heteroatoms.